The molecular formula is C17H18N4O2S. The summed E-state index contributed by atoms with van der Waals surface area (Å²) >= 11 is 1.48. The molecule has 1 N–H and O–H groups in total. The van der Waals surface area contributed by atoms with Crippen LogP contribution in [-0.2, 0) is 4.79 Å². The van der Waals surface area contributed by atoms with Crippen molar-refractivity contribution in [2.24, 2.45) is 5.92 Å². The van der Waals surface area contributed by atoms with E-state index in [2.05, 4.69) is 10.3 Å². The van der Waals surface area contributed by atoms with Gasteiger partial charge in [-0.25, -0.2) is 4.98 Å². The fraction of sp³-hybridized carbons (Fsp3) is 0.294. The summed E-state index contributed by atoms with van der Waals surface area (Å²) in [5, 5.41) is 12.6. The van der Waals surface area contributed by atoms with Crippen molar-refractivity contribution >= 4 is 23.5 Å². The highest BCUT2D eigenvalue weighted by molar-refractivity contribution is 7.98. The lowest BCUT2D eigenvalue weighted by molar-refractivity contribution is -0.122. The number of thioether (sulfide) groups is 1. The zero-order valence-corrected chi connectivity index (χ0v) is 14.5. The smallest absolute Gasteiger partial charge is 0.245 e. The molecule has 0 aliphatic heterocycles. The quantitative estimate of drug-likeness (QED) is 0.495. The van der Waals surface area contributed by atoms with Gasteiger partial charge in [0.15, 0.2) is 16.9 Å². The zero-order valence-electron chi connectivity index (χ0n) is 13.7. The molecule has 0 aliphatic rings. The van der Waals surface area contributed by atoms with E-state index >= 15 is 0 Å². The largest absolute Gasteiger partial charge is 0.352 e. The van der Waals surface area contributed by atoms with Gasteiger partial charge in [0.2, 0.25) is 5.91 Å². The van der Waals surface area contributed by atoms with E-state index < -0.39 is 17.6 Å². The number of ketones is 1. The van der Waals surface area contributed by atoms with Crippen molar-refractivity contribution in [3.05, 3.63) is 42.2 Å². The van der Waals surface area contributed by atoms with Gasteiger partial charge < -0.3 is 5.32 Å². The normalized spacial score (nSPS) is 11.8. The second-order valence-corrected chi connectivity index (χ2v) is 6.20. The van der Waals surface area contributed by atoms with Crippen LogP contribution in [0, 0.1) is 17.2 Å². The van der Waals surface area contributed by atoms with E-state index in [1.807, 2.05) is 16.9 Å². The van der Waals surface area contributed by atoms with Gasteiger partial charge in [0.1, 0.15) is 0 Å². The molecule has 0 radical (unpaired) electrons. The molecule has 1 aromatic carbocycles. The zero-order chi connectivity index (χ0) is 17.7. The minimum atomic E-state index is -1.36. The van der Waals surface area contributed by atoms with Crippen LogP contribution < -0.4 is 5.32 Å². The molecule has 7 heteroatoms. The SMILES string of the molecule is CSc1nccn1-c1cccc(C(=O)[C@H](C#N)C(=O)NC(C)C)c1. The molecule has 1 heterocycles. The highest BCUT2D eigenvalue weighted by Gasteiger charge is 2.28. The summed E-state index contributed by atoms with van der Waals surface area (Å²) in [6.07, 6.45) is 5.38. The average molecular weight is 342 g/mol. The summed E-state index contributed by atoms with van der Waals surface area (Å²) in [5.41, 5.74) is 1.07. The first-order chi connectivity index (χ1) is 11.5. The Hall–Kier alpha value is -2.59. The van der Waals surface area contributed by atoms with Crippen molar-refractivity contribution in [1.29, 1.82) is 5.26 Å². The number of nitrogens with one attached hydrogen (secondary N) is 1. The summed E-state index contributed by atoms with van der Waals surface area (Å²) in [7, 11) is 0. The standard InChI is InChI=1S/C17H18N4O2S/c1-11(2)20-16(23)14(10-18)15(22)12-5-4-6-13(9-12)21-8-7-19-17(21)24-3/h4-9,11,14H,1-3H3,(H,20,23)/t14-/m0/s1. The van der Waals surface area contributed by atoms with Gasteiger partial charge in [0, 0.05) is 29.7 Å². The van der Waals surface area contributed by atoms with E-state index in [0.29, 0.717) is 5.56 Å². The number of imidazole rings is 1. The van der Waals surface area contributed by atoms with E-state index in [4.69, 9.17) is 0 Å². The molecule has 0 saturated heterocycles. The van der Waals surface area contributed by atoms with Crippen LogP contribution in [0.5, 0.6) is 0 Å². The lowest BCUT2D eigenvalue weighted by Crippen LogP contribution is -2.38. The molecule has 24 heavy (non-hydrogen) atoms. The minimum Gasteiger partial charge on any atom is -0.352 e. The van der Waals surface area contributed by atoms with Gasteiger partial charge in [-0.1, -0.05) is 23.9 Å². The molecule has 0 spiro atoms. The molecule has 1 atom stereocenters. The maximum atomic E-state index is 12.6. The first-order valence-corrected chi connectivity index (χ1v) is 8.62. The third-order valence-corrected chi connectivity index (χ3v) is 3.95. The molecular weight excluding hydrogens is 324 g/mol. The highest BCUT2D eigenvalue weighted by Crippen LogP contribution is 2.20. The fourth-order valence-electron chi connectivity index (χ4n) is 2.22. The maximum Gasteiger partial charge on any atom is 0.245 e. The molecule has 124 valence electrons. The van der Waals surface area contributed by atoms with Gasteiger partial charge in [-0.05, 0) is 32.2 Å². The van der Waals surface area contributed by atoms with Crippen LogP contribution in [0.3, 0.4) is 0 Å². The topological polar surface area (TPSA) is 87.8 Å². The van der Waals surface area contributed by atoms with Gasteiger partial charge in [-0.15, -0.1) is 0 Å². The van der Waals surface area contributed by atoms with Gasteiger partial charge in [-0.2, -0.15) is 5.26 Å². The van der Waals surface area contributed by atoms with Crippen LogP contribution in [0.4, 0.5) is 0 Å². The van der Waals surface area contributed by atoms with E-state index in [9.17, 15) is 14.9 Å². The van der Waals surface area contributed by atoms with Crippen molar-refractivity contribution < 1.29 is 9.59 Å². The Morgan fingerprint density at radius 3 is 2.75 bits per heavy atom. The molecule has 1 amide bonds. The minimum absolute atomic E-state index is 0.137. The molecule has 2 aromatic rings. The second kappa shape index (κ2) is 7.79. The van der Waals surface area contributed by atoms with Crippen LogP contribution in [0.25, 0.3) is 5.69 Å². The molecule has 1 aromatic heterocycles. The number of hydrogen-bond donors (Lipinski definition) is 1. The maximum absolute atomic E-state index is 12.6. The Labute approximate surface area is 144 Å². The number of benzene rings is 1. The molecule has 6 nitrogen and oxygen atoms in total. The Bertz CT molecular complexity index is 792. The Morgan fingerprint density at radius 2 is 2.12 bits per heavy atom. The first kappa shape index (κ1) is 17.8. The van der Waals surface area contributed by atoms with Crippen LogP contribution in [-0.4, -0.2) is 33.5 Å². The molecule has 2 rings (SSSR count). The Balaban J connectivity index is 2.32. The fourth-order valence-corrected chi connectivity index (χ4v) is 2.75. The number of Topliss-reactive ketones (excluding diaryl/α,β-unsaturated/α-hetero) is 1. The van der Waals surface area contributed by atoms with E-state index in [-0.39, 0.29) is 6.04 Å². The summed E-state index contributed by atoms with van der Waals surface area (Å²) in [6, 6.07) is 8.49. The number of rotatable bonds is 6. The number of nitrogens with zero attached hydrogens (tertiary/aromatic N) is 3. The number of nitriles is 1. The monoisotopic (exact) mass is 342 g/mol. The van der Waals surface area contributed by atoms with Crippen molar-refractivity contribution in [2.45, 2.75) is 25.0 Å². The predicted molar refractivity (Wildman–Crippen MR) is 92.1 cm³/mol. The number of aromatic nitrogens is 2. The number of carbonyl (C=O) groups is 2. The van der Waals surface area contributed by atoms with Crippen molar-refractivity contribution in [3.8, 4) is 11.8 Å². The summed E-state index contributed by atoms with van der Waals surface area (Å²) in [6.45, 7) is 3.56. The number of amides is 1. The first-order valence-electron chi connectivity index (χ1n) is 7.40. The number of carbonyl (C=O) groups excluding carboxylic acids is 2. The van der Waals surface area contributed by atoms with Crippen LogP contribution >= 0.6 is 11.8 Å². The third kappa shape index (κ3) is 3.84. The highest BCUT2D eigenvalue weighted by atomic mass is 32.2. The lowest BCUT2D eigenvalue weighted by Gasteiger charge is -2.13. The summed E-state index contributed by atoms with van der Waals surface area (Å²) in [5.74, 6) is -2.44. The molecule has 0 saturated carbocycles. The van der Waals surface area contributed by atoms with E-state index in [1.54, 1.807) is 50.5 Å². The van der Waals surface area contributed by atoms with Crippen LogP contribution in [0.1, 0.15) is 24.2 Å². The van der Waals surface area contributed by atoms with Crippen molar-refractivity contribution in [1.82, 2.24) is 14.9 Å². The van der Waals surface area contributed by atoms with Gasteiger partial charge >= 0.3 is 0 Å². The molecule has 0 bridgehead atoms. The molecule has 0 aliphatic carbocycles. The Morgan fingerprint density at radius 1 is 1.38 bits per heavy atom. The van der Waals surface area contributed by atoms with E-state index in [0.717, 1.165) is 10.8 Å². The van der Waals surface area contributed by atoms with Gasteiger partial charge in [0.05, 0.1) is 6.07 Å². The Kier molecular flexibility index (Phi) is 5.77. The molecule has 0 fully saturated rings. The third-order valence-electron chi connectivity index (χ3n) is 3.28. The average Bonchev–Trinajstić information content (AvgIpc) is 3.03. The summed E-state index contributed by atoms with van der Waals surface area (Å²) in [4.78, 5) is 28.8. The van der Waals surface area contributed by atoms with E-state index in [1.165, 1.54) is 11.8 Å². The van der Waals surface area contributed by atoms with Crippen LogP contribution in [0.15, 0.2) is 41.8 Å². The van der Waals surface area contributed by atoms with Crippen LogP contribution in [0.2, 0.25) is 0 Å². The van der Waals surface area contributed by atoms with Crippen molar-refractivity contribution in [2.75, 3.05) is 6.26 Å². The van der Waals surface area contributed by atoms with Gasteiger partial charge in [-0.3, -0.25) is 14.2 Å². The van der Waals surface area contributed by atoms with Gasteiger partial charge in [0.25, 0.3) is 0 Å². The van der Waals surface area contributed by atoms with Crippen molar-refractivity contribution in [3.63, 3.8) is 0 Å². The predicted octanol–water partition coefficient (Wildman–Crippen LogP) is 2.44. The number of hydrogen-bond acceptors (Lipinski definition) is 5. The lowest BCUT2D eigenvalue weighted by atomic mass is 9.97. The summed E-state index contributed by atoms with van der Waals surface area (Å²) < 4.78 is 1.84. The molecule has 0 unspecified atom stereocenters. The second-order valence-electron chi connectivity index (χ2n) is 5.42.